The molecule has 0 radical (unpaired) electrons. The number of rotatable bonds is 25. The molecule has 0 fully saturated rings. The number of hydrogen-bond acceptors (Lipinski definition) is 13. The fourth-order valence-electron chi connectivity index (χ4n) is 4.00. The Kier molecular flexibility index (Phi) is 22.1. The standard InChI is InChI=1S/C29H50N12O13/c1-13(2)23(28(53)54)41-21(46)9-34-18(43)8-35-26(51)16(7-22(47)48)39-20(45)11-36-25(50)15(5-4-6-33-29(31)32)38-19(44)10-37-27(52)17(12-42)40-24(49)14(3)30/h13-17,23,42H,4-12,30H2,1-3H3,(H,34,43)(H,35,51)(H,36,50)(H,37,52)(H,38,44)(H,39,45)(H,40,49)(H,41,46)(H,47,48)(H,53,54)(H4,31,32,33)/t14-,15-,16-,17-,23-/m0/s1. The molecular weight excluding hydrogens is 724 g/mol. The Balaban J connectivity index is 5.30. The molecule has 0 bridgehead atoms. The van der Waals surface area contributed by atoms with Gasteiger partial charge in [-0.05, 0) is 25.7 Å². The van der Waals surface area contributed by atoms with Gasteiger partial charge in [0.05, 0.1) is 45.2 Å². The maximum atomic E-state index is 13.0. The number of aliphatic carboxylic acids is 2. The van der Waals surface area contributed by atoms with E-state index >= 15 is 0 Å². The van der Waals surface area contributed by atoms with E-state index in [1.54, 1.807) is 13.8 Å². The number of carboxylic acids is 2. The first-order valence-corrected chi connectivity index (χ1v) is 16.3. The molecule has 0 aromatic carbocycles. The monoisotopic (exact) mass is 774 g/mol. The Morgan fingerprint density at radius 1 is 0.611 bits per heavy atom. The molecule has 0 unspecified atom stereocenters. The highest BCUT2D eigenvalue weighted by Crippen LogP contribution is 2.02. The number of aliphatic hydroxyl groups is 1. The molecule has 17 N–H and O–H groups in total. The molecule has 5 atom stereocenters. The van der Waals surface area contributed by atoms with Gasteiger partial charge in [0.2, 0.25) is 47.3 Å². The van der Waals surface area contributed by atoms with Crippen molar-refractivity contribution in [1.82, 2.24) is 42.5 Å². The third-order valence-corrected chi connectivity index (χ3v) is 6.82. The number of guanidine groups is 1. The molecule has 25 nitrogen and oxygen atoms in total. The highest BCUT2D eigenvalue weighted by Gasteiger charge is 2.27. The van der Waals surface area contributed by atoms with Gasteiger partial charge in [-0.15, -0.1) is 0 Å². The van der Waals surface area contributed by atoms with Crippen LogP contribution in [0.25, 0.3) is 0 Å². The topological polar surface area (TPSA) is 418 Å². The van der Waals surface area contributed by atoms with Gasteiger partial charge in [0, 0.05) is 6.54 Å². The van der Waals surface area contributed by atoms with Crippen LogP contribution < -0.4 is 59.7 Å². The van der Waals surface area contributed by atoms with E-state index in [0.717, 1.165) is 0 Å². The van der Waals surface area contributed by atoms with Crippen LogP contribution in [0.3, 0.4) is 0 Å². The van der Waals surface area contributed by atoms with Gasteiger partial charge in [-0.3, -0.25) is 48.1 Å². The van der Waals surface area contributed by atoms with Gasteiger partial charge in [0.25, 0.3) is 0 Å². The van der Waals surface area contributed by atoms with Crippen LogP contribution in [0.2, 0.25) is 0 Å². The maximum Gasteiger partial charge on any atom is 0.326 e. The third-order valence-electron chi connectivity index (χ3n) is 6.82. The summed E-state index contributed by atoms with van der Waals surface area (Å²) in [5.74, 6) is -10.9. The number of hydrogen-bond donors (Lipinski definition) is 14. The summed E-state index contributed by atoms with van der Waals surface area (Å²) in [7, 11) is 0. The summed E-state index contributed by atoms with van der Waals surface area (Å²) in [6.07, 6.45) is -0.882. The lowest BCUT2D eigenvalue weighted by molar-refractivity contribution is -0.143. The molecule has 54 heavy (non-hydrogen) atoms. The average molecular weight is 775 g/mol. The number of aliphatic hydroxyl groups excluding tert-OH is 1. The Labute approximate surface area is 308 Å². The lowest BCUT2D eigenvalue weighted by Gasteiger charge is -2.20. The zero-order valence-corrected chi connectivity index (χ0v) is 29.9. The normalized spacial score (nSPS) is 13.3. The SMILES string of the molecule is CC(C)[C@H](NC(=O)CNC(=O)CNC(=O)[C@H](CC(=O)O)NC(=O)CNC(=O)[C@H](CCCN=C(N)N)NC(=O)CNC(=O)[C@H](CO)NC(=O)[C@H](C)N)C(=O)O. The molecule has 0 saturated carbocycles. The Morgan fingerprint density at radius 2 is 1.07 bits per heavy atom. The number of carbonyl (C=O) groups is 10. The van der Waals surface area contributed by atoms with Crippen molar-refractivity contribution in [1.29, 1.82) is 0 Å². The van der Waals surface area contributed by atoms with Crippen LogP contribution in [0.15, 0.2) is 4.99 Å². The second-order valence-electron chi connectivity index (χ2n) is 11.9. The Bertz CT molecular complexity index is 1400. The summed E-state index contributed by atoms with van der Waals surface area (Å²) in [5.41, 5.74) is 16.0. The quantitative estimate of drug-likeness (QED) is 0.0233. The molecular formula is C29H50N12O13. The maximum absolute atomic E-state index is 13.0. The van der Waals surface area contributed by atoms with Crippen molar-refractivity contribution in [2.45, 2.75) is 70.2 Å². The summed E-state index contributed by atoms with van der Waals surface area (Å²) in [6.45, 7) is 0.762. The zero-order valence-electron chi connectivity index (χ0n) is 29.9. The van der Waals surface area contributed by atoms with Gasteiger partial charge < -0.3 is 75.1 Å². The summed E-state index contributed by atoms with van der Waals surface area (Å²) in [4.78, 5) is 125. The van der Waals surface area contributed by atoms with Crippen LogP contribution in [-0.4, -0.2) is 150 Å². The van der Waals surface area contributed by atoms with E-state index in [4.69, 9.17) is 22.3 Å². The molecule has 25 heteroatoms. The molecule has 0 aromatic rings. The Hall–Kier alpha value is -6.11. The predicted octanol–water partition coefficient (Wildman–Crippen LogP) is -8.00. The van der Waals surface area contributed by atoms with Crippen LogP contribution in [0.5, 0.6) is 0 Å². The van der Waals surface area contributed by atoms with Crippen molar-refractivity contribution < 1.29 is 63.3 Å². The average Bonchev–Trinajstić information content (AvgIpc) is 3.08. The molecule has 0 aliphatic rings. The number of carboxylic acid groups (broad SMARTS) is 2. The third kappa shape index (κ3) is 20.7. The van der Waals surface area contributed by atoms with Crippen molar-refractivity contribution in [3.63, 3.8) is 0 Å². The number of nitrogens with one attached hydrogen (secondary N) is 8. The predicted molar refractivity (Wildman–Crippen MR) is 185 cm³/mol. The van der Waals surface area contributed by atoms with Gasteiger partial charge in [-0.2, -0.15) is 0 Å². The summed E-state index contributed by atoms with van der Waals surface area (Å²) in [6, 6.07) is -6.70. The summed E-state index contributed by atoms with van der Waals surface area (Å²) in [5, 5.41) is 45.3. The van der Waals surface area contributed by atoms with Crippen molar-refractivity contribution in [2.24, 2.45) is 28.1 Å². The molecule has 0 heterocycles. The van der Waals surface area contributed by atoms with Crippen molar-refractivity contribution >= 4 is 65.2 Å². The van der Waals surface area contributed by atoms with Crippen molar-refractivity contribution in [3.8, 4) is 0 Å². The molecule has 0 aromatic heterocycles. The van der Waals surface area contributed by atoms with E-state index in [1.807, 2.05) is 0 Å². The number of amides is 8. The second-order valence-corrected chi connectivity index (χ2v) is 11.9. The molecule has 0 rings (SSSR count). The second kappa shape index (κ2) is 25.0. The first kappa shape index (κ1) is 47.9. The lowest BCUT2D eigenvalue weighted by Crippen LogP contribution is -2.55. The fourth-order valence-corrected chi connectivity index (χ4v) is 4.00. The molecule has 0 aliphatic carbocycles. The molecule has 0 saturated heterocycles. The van der Waals surface area contributed by atoms with E-state index in [-0.39, 0.29) is 25.3 Å². The molecule has 304 valence electrons. The van der Waals surface area contributed by atoms with Crippen LogP contribution >= 0.6 is 0 Å². The van der Waals surface area contributed by atoms with Gasteiger partial charge >= 0.3 is 11.9 Å². The number of nitrogens with zero attached hydrogens (tertiary/aromatic N) is 1. The number of nitrogens with two attached hydrogens (primary N) is 3. The molecule has 0 spiro atoms. The first-order valence-electron chi connectivity index (χ1n) is 16.3. The summed E-state index contributed by atoms with van der Waals surface area (Å²) < 4.78 is 0. The minimum Gasteiger partial charge on any atom is -0.481 e. The lowest BCUT2D eigenvalue weighted by atomic mass is 10.1. The number of carbonyl (C=O) groups excluding carboxylic acids is 8. The van der Waals surface area contributed by atoms with Gasteiger partial charge in [0.15, 0.2) is 5.96 Å². The molecule has 8 amide bonds. The van der Waals surface area contributed by atoms with Gasteiger partial charge in [0.1, 0.15) is 24.2 Å². The van der Waals surface area contributed by atoms with Crippen LogP contribution in [0.4, 0.5) is 0 Å². The minimum atomic E-state index is -1.73. The first-order chi connectivity index (χ1) is 25.2. The fraction of sp³-hybridized carbons (Fsp3) is 0.621. The van der Waals surface area contributed by atoms with Crippen LogP contribution in [-0.2, 0) is 47.9 Å². The summed E-state index contributed by atoms with van der Waals surface area (Å²) >= 11 is 0. The Morgan fingerprint density at radius 3 is 1.54 bits per heavy atom. The van der Waals surface area contributed by atoms with E-state index in [1.165, 1.54) is 6.92 Å². The highest BCUT2D eigenvalue weighted by molar-refractivity contribution is 5.96. The largest absolute Gasteiger partial charge is 0.481 e. The van der Waals surface area contributed by atoms with E-state index in [0.29, 0.717) is 0 Å². The van der Waals surface area contributed by atoms with Crippen LogP contribution in [0, 0.1) is 5.92 Å². The van der Waals surface area contributed by atoms with Crippen LogP contribution in [0.1, 0.15) is 40.0 Å². The zero-order chi connectivity index (χ0) is 41.5. The van der Waals surface area contributed by atoms with E-state index in [2.05, 4.69) is 47.5 Å². The van der Waals surface area contributed by atoms with E-state index in [9.17, 15) is 58.2 Å². The van der Waals surface area contributed by atoms with Crippen molar-refractivity contribution in [2.75, 3.05) is 39.3 Å². The molecule has 0 aliphatic heterocycles. The smallest absolute Gasteiger partial charge is 0.326 e. The van der Waals surface area contributed by atoms with Crippen molar-refractivity contribution in [3.05, 3.63) is 0 Å². The van der Waals surface area contributed by atoms with Gasteiger partial charge in [-0.1, -0.05) is 13.8 Å². The van der Waals surface area contributed by atoms with Gasteiger partial charge in [-0.25, -0.2) is 4.79 Å². The number of aliphatic imine (C=N–C) groups is 1. The highest BCUT2D eigenvalue weighted by atomic mass is 16.4. The van der Waals surface area contributed by atoms with E-state index < -0.39 is 135 Å². The minimum absolute atomic E-state index is 0.0389.